The van der Waals surface area contributed by atoms with Crippen LogP contribution >= 0.6 is 0 Å². The van der Waals surface area contributed by atoms with Gasteiger partial charge in [0.15, 0.2) is 0 Å². The van der Waals surface area contributed by atoms with Crippen LogP contribution in [0.1, 0.15) is 11.1 Å². The highest BCUT2D eigenvalue weighted by molar-refractivity contribution is 5.47. The summed E-state index contributed by atoms with van der Waals surface area (Å²) in [4.78, 5) is 4.89. The van der Waals surface area contributed by atoms with Crippen LogP contribution in [0.5, 0.6) is 0 Å². The van der Waals surface area contributed by atoms with Gasteiger partial charge in [-0.25, -0.2) is 0 Å². The molecule has 2 aromatic carbocycles. The van der Waals surface area contributed by atoms with E-state index < -0.39 is 0 Å². The van der Waals surface area contributed by atoms with Crippen LogP contribution in [0.2, 0.25) is 0 Å². The van der Waals surface area contributed by atoms with Crippen molar-refractivity contribution in [2.24, 2.45) is 0 Å². The second-order valence-corrected chi connectivity index (χ2v) is 6.93. The monoisotopic (exact) mass is 323 g/mol. The number of hydrogen-bond acceptors (Lipinski definition) is 4. The molecular formula is C20H25N3O. The molecule has 4 heteroatoms. The molecule has 4 rings (SSSR count). The quantitative estimate of drug-likeness (QED) is 0.829. The summed E-state index contributed by atoms with van der Waals surface area (Å²) >= 11 is 0. The van der Waals surface area contributed by atoms with E-state index in [0.717, 1.165) is 38.3 Å². The Balaban J connectivity index is 1.43. The SMILES string of the molecule is Nc1ccc2c(c1)C[C@H](O)[C@@H](N1CCN(c3ccccc3)CC1)C2. The number of aliphatic hydroxyl groups excluding tert-OH is 1. The molecular weight excluding hydrogens is 298 g/mol. The topological polar surface area (TPSA) is 52.7 Å². The first-order chi connectivity index (χ1) is 11.7. The lowest BCUT2D eigenvalue weighted by atomic mass is 9.85. The van der Waals surface area contributed by atoms with Crippen LogP contribution in [0.15, 0.2) is 48.5 Å². The van der Waals surface area contributed by atoms with Crippen LogP contribution in [-0.4, -0.2) is 48.3 Å². The number of aliphatic hydroxyl groups is 1. The van der Waals surface area contributed by atoms with Crippen molar-refractivity contribution < 1.29 is 5.11 Å². The van der Waals surface area contributed by atoms with Gasteiger partial charge < -0.3 is 15.7 Å². The van der Waals surface area contributed by atoms with Crippen molar-refractivity contribution in [3.63, 3.8) is 0 Å². The Morgan fingerprint density at radius 1 is 0.875 bits per heavy atom. The van der Waals surface area contributed by atoms with Gasteiger partial charge in [0.25, 0.3) is 0 Å². The van der Waals surface area contributed by atoms with Gasteiger partial charge in [0.1, 0.15) is 0 Å². The molecule has 2 aromatic rings. The predicted octanol–water partition coefficient (Wildman–Crippen LogP) is 1.92. The van der Waals surface area contributed by atoms with Gasteiger partial charge in [-0.2, -0.15) is 0 Å². The summed E-state index contributed by atoms with van der Waals surface area (Å²) < 4.78 is 0. The van der Waals surface area contributed by atoms with Gasteiger partial charge in [-0.05, 0) is 41.8 Å². The van der Waals surface area contributed by atoms with Crippen molar-refractivity contribution >= 4 is 11.4 Å². The molecule has 1 heterocycles. The lowest BCUT2D eigenvalue weighted by molar-refractivity contribution is 0.0395. The predicted molar refractivity (Wildman–Crippen MR) is 98.3 cm³/mol. The number of piperazine rings is 1. The molecule has 3 N–H and O–H groups in total. The minimum Gasteiger partial charge on any atom is -0.399 e. The third-order valence-corrected chi connectivity index (χ3v) is 5.44. The number of fused-ring (bicyclic) bond motifs is 1. The van der Waals surface area contributed by atoms with Crippen molar-refractivity contribution in [3.8, 4) is 0 Å². The van der Waals surface area contributed by atoms with Crippen molar-refractivity contribution in [3.05, 3.63) is 59.7 Å². The zero-order valence-corrected chi connectivity index (χ0v) is 13.9. The molecule has 24 heavy (non-hydrogen) atoms. The molecule has 2 atom stereocenters. The highest BCUT2D eigenvalue weighted by atomic mass is 16.3. The second kappa shape index (κ2) is 6.46. The smallest absolute Gasteiger partial charge is 0.0739 e. The van der Waals surface area contributed by atoms with Gasteiger partial charge in [-0.1, -0.05) is 24.3 Å². The Morgan fingerprint density at radius 2 is 1.62 bits per heavy atom. The Morgan fingerprint density at radius 3 is 2.38 bits per heavy atom. The molecule has 1 aliphatic carbocycles. The standard InChI is InChI=1S/C20H25N3O/c21-17-7-6-15-13-19(20(24)14-16(15)12-17)23-10-8-22(9-11-23)18-4-2-1-3-5-18/h1-7,12,19-20,24H,8-11,13-14,21H2/t19-,20-/m0/s1. The third-order valence-electron chi connectivity index (χ3n) is 5.44. The average molecular weight is 323 g/mol. The highest BCUT2D eigenvalue weighted by Crippen LogP contribution is 2.28. The normalized spacial score (nSPS) is 24.6. The Hall–Kier alpha value is -2.04. The molecule has 0 amide bonds. The average Bonchev–Trinajstić information content (AvgIpc) is 2.62. The molecule has 1 saturated heterocycles. The lowest BCUT2D eigenvalue weighted by Crippen LogP contribution is -2.56. The zero-order chi connectivity index (χ0) is 16.5. The summed E-state index contributed by atoms with van der Waals surface area (Å²) in [5.41, 5.74) is 10.5. The molecule has 2 aliphatic rings. The number of rotatable bonds is 2. The van der Waals surface area contributed by atoms with Crippen LogP contribution in [-0.2, 0) is 12.8 Å². The largest absolute Gasteiger partial charge is 0.399 e. The Labute approximate surface area is 143 Å². The van der Waals surface area contributed by atoms with Crippen molar-refractivity contribution in [2.75, 3.05) is 36.8 Å². The van der Waals surface area contributed by atoms with Gasteiger partial charge >= 0.3 is 0 Å². The van der Waals surface area contributed by atoms with Crippen LogP contribution in [0.25, 0.3) is 0 Å². The van der Waals surface area contributed by atoms with Gasteiger partial charge in [0, 0.05) is 50.0 Å². The van der Waals surface area contributed by atoms with E-state index in [1.165, 1.54) is 16.8 Å². The number of nitrogens with zero attached hydrogens (tertiary/aromatic N) is 2. The van der Waals surface area contributed by atoms with E-state index in [4.69, 9.17) is 5.73 Å². The summed E-state index contributed by atoms with van der Waals surface area (Å²) in [5, 5.41) is 10.6. The number of nitrogen functional groups attached to an aromatic ring is 1. The van der Waals surface area contributed by atoms with E-state index in [1.54, 1.807) is 0 Å². The molecule has 0 bridgehead atoms. The van der Waals surface area contributed by atoms with Crippen LogP contribution < -0.4 is 10.6 Å². The van der Waals surface area contributed by atoms with Crippen molar-refractivity contribution in [1.82, 2.24) is 4.90 Å². The molecule has 126 valence electrons. The number of para-hydroxylation sites is 1. The first kappa shape index (κ1) is 15.5. The van der Waals surface area contributed by atoms with E-state index in [1.807, 2.05) is 12.1 Å². The van der Waals surface area contributed by atoms with Gasteiger partial charge in [-0.3, -0.25) is 4.90 Å². The van der Waals surface area contributed by atoms with E-state index >= 15 is 0 Å². The maximum atomic E-state index is 10.6. The number of benzene rings is 2. The number of hydrogen-bond donors (Lipinski definition) is 2. The van der Waals surface area contributed by atoms with E-state index in [0.29, 0.717) is 6.42 Å². The minimum absolute atomic E-state index is 0.221. The molecule has 0 aromatic heterocycles. The van der Waals surface area contributed by atoms with Crippen LogP contribution in [0.3, 0.4) is 0 Å². The molecule has 4 nitrogen and oxygen atoms in total. The first-order valence-electron chi connectivity index (χ1n) is 8.80. The summed E-state index contributed by atoms with van der Waals surface area (Å²) in [6.45, 7) is 4.03. The maximum absolute atomic E-state index is 10.6. The molecule has 0 radical (unpaired) electrons. The van der Waals surface area contributed by atoms with Gasteiger partial charge in [-0.15, -0.1) is 0 Å². The molecule has 0 spiro atoms. The fourth-order valence-corrected chi connectivity index (χ4v) is 4.08. The van der Waals surface area contributed by atoms with Crippen molar-refractivity contribution in [2.45, 2.75) is 25.0 Å². The van der Waals surface area contributed by atoms with Gasteiger partial charge in [0.05, 0.1) is 6.10 Å². The second-order valence-electron chi connectivity index (χ2n) is 6.93. The van der Waals surface area contributed by atoms with E-state index in [9.17, 15) is 5.11 Å². The Bertz CT molecular complexity index is 695. The van der Waals surface area contributed by atoms with Crippen molar-refractivity contribution in [1.29, 1.82) is 0 Å². The fraction of sp³-hybridized carbons (Fsp3) is 0.400. The lowest BCUT2D eigenvalue weighted by Gasteiger charge is -2.43. The molecule has 1 fully saturated rings. The summed E-state index contributed by atoms with van der Waals surface area (Å²) in [5.74, 6) is 0. The summed E-state index contributed by atoms with van der Waals surface area (Å²) in [6.07, 6.45) is 1.33. The minimum atomic E-state index is -0.303. The van der Waals surface area contributed by atoms with Crippen LogP contribution in [0.4, 0.5) is 11.4 Å². The molecule has 1 aliphatic heterocycles. The van der Waals surface area contributed by atoms with Gasteiger partial charge in [0.2, 0.25) is 0 Å². The highest BCUT2D eigenvalue weighted by Gasteiger charge is 2.33. The van der Waals surface area contributed by atoms with Crippen LogP contribution in [0, 0.1) is 0 Å². The molecule has 0 unspecified atom stereocenters. The first-order valence-corrected chi connectivity index (χ1v) is 8.80. The summed E-state index contributed by atoms with van der Waals surface area (Å²) in [6, 6.07) is 16.9. The Kier molecular flexibility index (Phi) is 4.17. The number of nitrogens with two attached hydrogens (primary N) is 1. The summed E-state index contributed by atoms with van der Waals surface area (Å²) in [7, 11) is 0. The van der Waals surface area contributed by atoms with E-state index in [2.05, 4.69) is 46.2 Å². The number of anilines is 2. The fourth-order valence-electron chi connectivity index (χ4n) is 4.08. The third kappa shape index (κ3) is 2.99. The maximum Gasteiger partial charge on any atom is 0.0739 e. The van der Waals surface area contributed by atoms with E-state index in [-0.39, 0.29) is 12.1 Å². The molecule has 0 saturated carbocycles. The zero-order valence-electron chi connectivity index (χ0n) is 13.9.